The highest BCUT2D eigenvalue weighted by Gasteiger charge is 2.23. The van der Waals surface area contributed by atoms with Crippen molar-refractivity contribution < 1.29 is 19.1 Å². The molecule has 0 bridgehead atoms. The number of carbonyl (C=O) groups excluding carboxylic acids is 2. The summed E-state index contributed by atoms with van der Waals surface area (Å²) in [6.45, 7) is 0.674. The molecule has 1 saturated heterocycles. The van der Waals surface area contributed by atoms with Gasteiger partial charge in [-0.3, -0.25) is 9.59 Å². The Kier molecular flexibility index (Phi) is 5.77. The van der Waals surface area contributed by atoms with Crippen LogP contribution in [0.15, 0.2) is 29.6 Å². The fraction of sp³-hybridized carbons (Fsp3) is 0.312. The maximum Gasteiger partial charge on any atom is 0.326 e. The summed E-state index contributed by atoms with van der Waals surface area (Å²) in [5.41, 5.74) is 1.56. The van der Waals surface area contributed by atoms with E-state index in [2.05, 4.69) is 10.3 Å². The van der Waals surface area contributed by atoms with Crippen LogP contribution in [-0.4, -0.2) is 47.0 Å². The van der Waals surface area contributed by atoms with Gasteiger partial charge in [-0.15, -0.1) is 11.3 Å². The van der Waals surface area contributed by atoms with Gasteiger partial charge in [0.25, 0.3) is 5.24 Å². The molecule has 1 aliphatic heterocycles. The van der Waals surface area contributed by atoms with Crippen LogP contribution in [0.5, 0.6) is 5.75 Å². The number of nitrogens with zero attached hydrogens (tertiary/aromatic N) is 2. The van der Waals surface area contributed by atoms with E-state index >= 15 is 0 Å². The minimum absolute atomic E-state index is 0.00702. The molecule has 1 N–H and O–H groups in total. The van der Waals surface area contributed by atoms with Crippen molar-refractivity contribution in [3.05, 3.63) is 35.3 Å². The molecule has 2 aromatic rings. The van der Waals surface area contributed by atoms with Gasteiger partial charge in [0, 0.05) is 23.4 Å². The minimum Gasteiger partial charge on any atom is -0.497 e. The number of aromatic nitrogens is 1. The zero-order valence-corrected chi connectivity index (χ0v) is 15.2. The van der Waals surface area contributed by atoms with E-state index in [1.165, 1.54) is 28.0 Å². The number of carbonyl (C=O) groups is 2. The molecule has 1 fully saturated rings. The van der Waals surface area contributed by atoms with Crippen LogP contribution in [0.3, 0.4) is 0 Å². The molecule has 3 rings (SSSR count). The standard InChI is InChI=1S/C16H17N3O4S2/c1-22-13-4-2-11(3-5-13)17-15-18-12(10-25-15)9-23-14(20)8-19-6-7-24-16(19)21/h2-5,10H,6-9H2,1H3,(H,17,18). The van der Waals surface area contributed by atoms with Crippen molar-refractivity contribution in [3.8, 4) is 5.75 Å². The van der Waals surface area contributed by atoms with E-state index in [-0.39, 0.29) is 18.4 Å². The molecule has 7 nitrogen and oxygen atoms in total. The first-order valence-corrected chi connectivity index (χ1v) is 9.43. The number of rotatable bonds is 7. The monoisotopic (exact) mass is 379 g/mol. The number of ether oxygens (including phenoxy) is 2. The maximum absolute atomic E-state index is 11.8. The first-order valence-electron chi connectivity index (χ1n) is 7.57. The molecule has 0 aliphatic carbocycles. The average molecular weight is 379 g/mol. The largest absolute Gasteiger partial charge is 0.497 e. The molecular weight excluding hydrogens is 362 g/mol. The Morgan fingerprint density at radius 2 is 2.16 bits per heavy atom. The molecule has 1 aromatic heterocycles. The third kappa shape index (κ3) is 4.86. The van der Waals surface area contributed by atoms with Crippen LogP contribution in [-0.2, 0) is 16.1 Å². The van der Waals surface area contributed by atoms with E-state index in [1.807, 2.05) is 29.6 Å². The minimum atomic E-state index is -0.423. The van der Waals surface area contributed by atoms with Crippen LogP contribution in [0.1, 0.15) is 5.69 Å². The van der Waals surface area contributed by atoms with Gasteiger partial charge in [-0.2, -0.15) is 0 Å². The maximum atomic E-state index is 11.8. The molecule has 25 heavy (non-hydrogen) atoms. The van der Waals surface area contributed by atoms with Crippen molar-refractivity contribution in [2.75, 3.05) is 31.3 Å². The number of nitrogens with one attached hydrogen (secondary N) is 1. The molecule has 132 valence electrons. The number of esters is 1. The summed E-state index contributed by atoms with van der Waals surface area (Å²) in [4.78, 5) is 29.1. The molecule has 1 amide bonds. The third-order valence-electron chi connectivity index (χ3n) is 3.44. The van der Waals surface area contributed by atoms with Crippen LogP contribution < -0.4 is 10.1 Å². The summed E-state index contributed by atoms with van der Waals surface area (Å²) in [7, 11) is 1.62. The van der Waals surface area contributed by atoms with Gasteiger partial charge in [0.2, 0.25) is 0 Å². The second-order valence-electron chi connectivity index (χ2n) is 5.19. The molecule has 1 aromatic carbocycles. The predicted molar refractivity (Wildman–Crippen MR) is 97.6 cm³/mol. The van der Waals surface area contributed by atoms with Crippen molar-refractivity contribution in [3.63, 3.8) is 0 Å². The van der Waals surface area contributed by atoms with Gasteiger partial charge in [0.1, 0.15) is 18.9 Å². The van der Waals surface area contributed by atoms with Gasteiger partial charge in [0.05, 0.1) is 12.8 Å². The highest BCUT2D eigenvalue weighted by atomic mass is 32.2. The van der Waals surface area contributed by atoms with Gasteiger partial charge < -0.3 is 19.7 Å². The van der Waals surface area contributed by atoms with Crippen LogP contribution >= 0.6 is 23.1 Å². The highest BCUT2D eigenvalue weighted by molar-refractivity contribution is 8.13. The first kappa shape index (κ1) is 17.6. The molecule has 1 aliphatic rings. The molecule has 0 spiro atoms. The van der Waals surface area contributed by atoms with E-state index in [4.69, 9.17) is 9.47 Å². The van der Waals surface area contributed by atoms with Crippen molar-refractivity contribution in [1.82, 2.24) is 9.88 Å². The summed E-state index contributed by atoms with van der Waals surface area (Å²) in [5, 5.41) is 5.65. The fourth-order valence-corrected chi connectivity index (χ4v) is 3.69. The molecule has 0 saturated carbocycles. The summed E-state index contributed by atoms with van der Waals surface area (Å²) in [6.07, 6.45) is 0. The zero-order chi connectivity index (χ0) is 17.6. The van der Waals surface area contributed by atoms with E-state index in [0.29, 0.717) is 17.4 Å². The van der Waals surface area contributed by atoms with Crippen molar-refractivity contribution in [2.24, 2.45) is 0 Å². The van der Waals surface area contributed by atoms with E-state index < -0.39 is 5.97 Å². The summed E-state index contributed by atoms with van der Waals surface area (Å²) in [5.74, 6) is 1.08. The SMILES string of the molecule is COc1ccc(Nc2nc(COC(=O)CN3CCSC3=O)cs2)cc1. The van der Waals surface area contributed by atoms with Crippen molar-refractivity contribution >= 4 is 45.1 Å². The van der Waals surface area contributed by atoms with Gasteiger partial charge in [-0.25, -0.2) is 4.98 Å². The van der Waals surface area contributed by atoms with Crippen LogP contribution in [0.2, 0.25) is 0 Å². The van der Waals surface area contributed by atoms with Crippen LogP contribution in [0.25, 0.3) is 0 Å². The van der Waals surface area contributed by atoms with E-state index in [9.17, 15) is 9.59 Å². The number of methoxy groups -OCH3 is 1. The lowest BCUT2D eigenvalue weighted by atomic mass is 10.3. The summed E-state index contributed by atoms with van der Waals surface area (Å²) < 4.78 is 10.3. The summed E-state index contributed by atoms with van der Waals surface area (Å²) >= 11 is 2.65. The smallest absolute Gasteiger partial charge is 0.326 e. The lowest BCUT2D eigenvalue weighted by Gasteiger charge is -2.12. The lowest BCUT2D eigenvalue weighted by molar-refractivity contribution is -0.145. The molecule has 0 unspecified atom stereocenters. The molecule has 0 atom stereocenters. The Bertz CT molecular complexity index is 748. The Balaban J connectivity index is 1.47. The molecule has 2 heterocycles. The molecular formula is C16H17N3O4S2. The number of thioether (sulfide) groups is 1. The van der Waals surface area contributed by atoms with E-state index in [0.717, 1.165) is 17.2 Å². The lowest BCUT2D eigenvalue weighted by Crippen LogP contribution is -2.30. The zero-order valence-electron chi connectivity index (χ0n) is 13.6. The molecule has 9 heteroatoms. The normalized spacial score (nSPS) is 13.8. The third-order valence-corrected chi connectivity index (χ3v) is 5.14. The molecule has 0 radical (unpaired) electrons. The Morgan fingerprint density at radius 3 is 2.84 bits per heavy atom. The average Bonchev–Trinajstić information content (AvgIpc) is 3.23. The van der Waals surface area contributed by atoms with Gasteiger partial charge in [-0.1, -0.05) is 11.8 Å². The Hall–Kier alpha value is -2.26. The second-order valence-corrected chi connectivity index (χ2v) is 7.10. The van der Waals surface area contributed by atoms with Gasteiger partial charge >= 0.3 is 5.97 Å². The van der Waals surface area contributed by atoms with E-state index in [1.54, 1.807) is 7.11 Å². The number of hydrogen-bond acceptors (Lipinski definition) is 8. The first-order chi connectivity index (χ1) is 12.1. The number of benzene rings is 1. The van der Waals surface area contributed by atoms with Gasteiger partial charge in [0.15, 0.2) is 5.13 Å². The van der Waals surface area contributed by atoms with Crippen LogP contribution in [0, 0.1) is 0 Å². The Labute approximate surface area is 153 Å². The highest BCUT2D eigenvalue weighted by Crippen LogP contribution is 2.23. The number of anilines is 2. The second kappa shape index (κ2) is 8.21. The predicted octanol–water partition coefficient (Wildman–Crippen LogP) is 3.11. The van der Waals surface area contributed by atoms with Crippen molar-refractivity contribution in [2.45, 2.75) is 6.61 Å². The van der Waals surface area contributed by atoms with Crippen LogP contribution in [0.4, 0.5) is 15.6 Å². The van der Waals surface area contributed by atoms with Crippen molar-refractivity contribution in [1.29, 1.82) is 0 Å². The topological polar surface area (TPSA) is 80.8 Å². The Morgan fingerprint density at radius 1 is 1.36 bits per heavy atom. The van der Waals surface area contributed by atoms with Gasteiger partial charge in [-0.05, 0) is 24.3 Å². The fourth-order valence-electron chi connectivity index (χ4n) is 2.15. The quantitative estimate of drug-likeness (QED) is 0.740. The number of hydrogen-bond donors (Lipinski definition) is 1. The number of thiazole rings is 1. The summed E-state index contributed by atoms with van der Waals surface area (Å²) in [6, 6.07) is 7.50. The number of amides is 1.